The Hall–Kier alpha value is -7.74. The molecule has 0 heterocycles. The quantitative estimate of drug-likeness (QED) is 0.148. The third-order valence-electron chi connectivity index (χ3n) is 12.9. The summed E-state index contributed by atoms with van der Waals surface area (Å²) in [7, 11) is 0. The van der Waals surface area contributed by atoms with E-state index in [9.17, 15) is 0 Å². The van der Waals surface area contributed by atoms with E-state index >= 15 is 0 Å². The van der Waals surface area contributed by atoms with E-state index in [2.05, 4.69) is 255 Å². The van der Waals surface area contributed by atoms with Crippen molar-refractivity contribution in [3.8, 4) is 66.8 Å². The van der Waals surface area contributed by atoms with Gasteiger partial charge in [-0.05, 0) is 126 Å². The van der Waals surface area contributed by atoms with Crippen LogP contribution in [0.3, 0.4) is 0 Å². The molecule has 1 aliphatic carbocycles. The number of fused-ring (bicyclic) bond motifs is 4. The van der Waals surface area contributed by atoms with E-state index in [1.165, 1.54) is 88.7 Å². The fourth-order valence-corrected chi connectivity index (χ4v) is 9.74. The summed E-state index contributed by atoms with van der Waals surface area (Å²) in [5.74, 6) is 0. The molecule has 62 heavy (non-hydrogen) atoms. The fourth-order valence-electron chi connectivity index (χ4n) is 9.74. The van der Waals surface area contributed by atoms with Crippen molar-refractivity contribution in [1.29, 1.82) is 0 Å². The first-order chi connectivity index (χ1) is 30.5. The van der Waals surface area contributed by atoms with Crippen molar-refractivity contribution >= 4 is 27.8 Å². The lowest BCUT2D eigenvalue weighted by Gasteiger charge is -2.30. The van der Waals surface area contributed by atoms with Gasteiger partial charge in [0.05, 0.1) is 5.69 Å². The molecule has 1 nitrogen and oxygen atoms in total. The van der Waals surface area contributed by atoms with Crippen molar-refractivity contribution in [2.45, 2.75) is 19.3 Å². The summed E-state index contributed by atoms with van der Waals surface area (Å²) in [6.45, 7) is 4.68. The Morgan fingerprint density at radius 3 is 1.45 bits per heavy atom. The topological polar surface area (TPSA) is 3.24 Å². The Balaban J connectivity index is 1.09. The lowest BCUT2D eigenvalue weighted by molar-refractivity contribution is 0.660. The second-order valence-electron chi connectivity index (χ2n) is 16.9. The number of benzene rings is 10. The van der Waals surface area contributed by atoms with Gasteiger partial charge in [0.1, 0.15) is 0 Å². The molecular formula is C61H45N. The molecule has 0 N–H and O–H groups in total. The average molecular weight is 792 g/mol. The highest BCUT2D eigenvalue weighted by molar-refractivity contribution is 6.01. The maximum atomic E-state index is 2.44. The molecule has 1 heteroatoms. The van der Waals surface area contributed by atoms with E-state index in [-0.39, 0.29) is 5.41 Å². The minimum absolute atomic E-state index is 0.0240. The summed E-state index contributed by atoms with van der Waals surface area (Å²) in [5.41, 5.74) is 20.6. The first-order valence-corrected chi connectivity index (χ1v) is 21.6. The molecule has 0 aromatic heterocycles. The molecule has 0 saturated heterocycles. The van der Waals surface area contributed by atoms with Crippen LogP contribution in [0.1, 0.15) is 25.0 Å². The predicted octanol–water partition coefficient (Wildman–Crippen LogP) is 17.0. The van der Waals surface area contributed by atoms with Gasteiger partial charge in [0, 0.05) is 22.4 Å². The van der Waals surface area contributed by atoms with E-state index in [1.54, 1.807) is 0 Å². The van der Waals surface area contributed by atoms with Crippen LogP contribution in [-0.4, -0.2) is 0 Å². The second kappa shape index (κ2) is 15.4. The smallest absolute Gasteiger partial charge is 0.0546 e. The summed E-state index contributed by atoms with van der Waals surface area (Å²) < 4.78 is 0. The molecule has 0 radical (unpaired) electrons. The fraction of sp³-hybridized carbons (Fsp3) is 0.0492. The zero-order valence-electron chi connectivity index (χ0n) is 35.0. The maximum Gasteiger partial charge on any atom is 0.0546 e. The Bertz CT molecular complexity index is 3230. The van der Waals surface area contributed by atoms with Crippen molar-refractivity contribution in [3.63, 3.8) is 0 Å². The monoisotopic (exact) mass is 791 g/mol. The van der Waals surface area contributed by atoms with E-state index in [1.807, 2.05) is 0 Å². The largest absolute Gasteiger partial charge is 0.310 e. The third-order valence-corrected chi connectivity index (χ3v) is 12.9. The highest BCUT2D eigenvalue weighted by Crippen LogP contribution is 2.51. The number of anilines is 3. The summed E-state index contributed by atoms with van der Waals surface area (Å²) >= 11 is 0. The lowest BCUT2D eigenvalue weighted by Crippen LogP contribution is -2.14. The van der Waals surface area contributed by atoms with Crippen LogP contribution in [0.5, 0.6) is 0 Å². The highest BCUT2D eigenvalue weighted by atomic mass is 15.1. The first-order valence-electron chi connectivity index (χ1n) is 21.6. The number of rotatable bonds is 8. The minimum atomic E-state index is -0.0240. The normalized spacial score (nSPS) is 12.5. The first kappa shape index (κ1) is 37.3. The van der Waals surface area contributed by atoms with Gasteiger partial charge in [-0.1, -0.05) is 208 Å². The van der Waals surface area contributed by atoms with Crippen LogP contribution >= 0.6 is 0 Å². The lowest BCUT2D eigenvalue weighted by atomic mass is 9.82. The molecule has 0 unspecified atom stereocenters. The third kappa shape index (κ3) is 6.51. The van der Waals surface area contributed by atoms with Crippen molar-refractivity contribution < 1.29 is 0 Å². The molecule has 0 saturated carbocycles. The van der Waals surface area contributed by atoms with Crippen LogP contribution in [0.2, 0.25) is 0 Å². The Morgan fingerprint density at radius 2 is 0.774 bits per heavy atom. The SMILES string of the molecule is CC1(C)c2ccccc2-c2cc(-c3ccc(N(c4ccc(-c5ccc6ccccc6c5)cc4)c4cccc(-c5ccccc5)c4-c4ccccc4-c4ccccc4)cc3)ccc21. The van der Waals surface area contributed by atoms with Crippen molar-refractivity contribution in [2.24, 2.45) is 0 Å². The maximum absolute atomic E-state index is 2.44. The summed E-state index contributed by atoms with van der Waals surface area (Å²) in [6.07, 6.45) is 0. The summed E-state index contributed by atoms with van der Waals surface area (Å²) in [6, 6.07) is 86.7. The molecule has 0 atom stereocenters. The van der Waals surface area contributed by atoms with E-state index in [0.29, 0.717) is 0 Å². The van der Waals surface area contributed by atoms with E-state index in [0.717, 1.165) is 17.1 Å². The van der Waals surface area contributed by atoms with E-state index < -0.39 is 0 Å². The van der Waals surface area contributed by atoms with Gasteiger partial charge in [0.2, 0.25) is 0 Å². The van der Waals surface area contributed by atoms with Crippen molar-refractivity contribution in [2.75, 3.05) is 4.90 Å². The molecular weight excluding hydrogens is 747 g/mol. The van der Waals surface area contributed by atoms with Crippen LogP contribution in [0, 0.1) is 0 Å². The second-order valence-corrected chi connectivity index (χ2v) is 16.9. The predicted molar refractivity (Wildman–Crippen MR) is 263 cm³/mol. The van der Waals surface area contributed by atoms with Crippen LogP contribution < -0.4 is 4.90 Å². The standard InChI is InChI=1S/C61H45N/c1-61(2)57-26-14-13-23-54(57)56-41-49(34-39-58(56)61)44-32-37-51(38-33-44)62(50-35-30-43(31-36-50)48-29-28-42-16-9-10-21-47(42)40-48)59-27-15-25-53(46-19-7-4-8-20-46)60(59)55-24-12-11-22-52(55)45-17-5-3-6-18-45/h3-41H,1-2H3. The molecule has 0 spiro atoms. The highest BCUT2D eigenvalue weighted by Gasteiger charge is 2.35. The van der Waals surface area contributed by atoms with Gasteiger partial charge < -0.3 is 4.90 Å². The van der Waals surface area contributed by atoms with Gasteiger partial charge >= 0.3 is 0 Å². The molecule has 294 valence electrons. The number of hydrogen-bond donors (Lipinski definition) is 0. The van der Waals surface area contributed by atoms with Gasteiger partial charge in [0.15, 0.2) is 0 Å². The van der Waals surface area contributed by atoms with E-state index in [4.69, 9.17) is 0 Å². The Morgan fingerprint density at radius 1 is 0.290 bits per heavy atom. The van der Waals surface area contributed by atoms with Gasteiger partial charge in [-0.3, -0.25) is 0 Å². The van der Waals surface area contributed by atoms with Crippen molar-refractivity contribution in [3.05, 3.63) is 248 Å². The van der Waals surface area contributed by atoms with Gasteiger partial charge in [-0.25, -0.2) is 0 Å². The summed E-state index contributed by atoms with van der Waals surface area (Å²) in [4.78, 5) is 2.44. The molecule has 1 aliphatic rings. The Labute approximate surface area is 364 Å². The molecule has 0 fully saturated rings. The molecule has 0 bridgehead atoms. The van der Waals surface area contributed by atoms with Crippen LogP contribution in [0.25, 0.3) is 77.5 Å². The summed E-state index contributed by atoms with van der Waals surface area (Å²) in [5, 5.41) is 2.49. The number of hydrogen-bond acceptors (Lipinski definition) is 1. The Kier molecular flexibility index (Phi) is 9.24. The molecule has 0 aliphatic heterocycles. The van der Waals surface area contributed by atoms with Gasteiger partial charge in [-0.15, -0.1) is 0 Å². The molecule has 10 aromatic carbocycles. The molecule has 10 aromatic rings. The van der Waals surface area contributed by atoms with Crippen LogP contribution in [0.4, 0.5) is 17.1 Å². The van der Waals surface area contributed by atoms with Gasteiger partial charge in [0.25, 0.3) is 0 Å². The van der Waals surface area contributed by atoms with Gasteiger partial charge in [-0.2, -0.15) is 0 Å². The zero-order valence-corrected chi connectivity index (χ0v) is 35.0. The molecule has 0 amide bonds. The minimum Gasteiger partial charge on any atom is -0.310 e. The van der Waals surface area contributed by atoms with Crippen LogP contribution in [-0.2, 0) is 5.41 Å². The van der Waals surface area contributed by atoms with Crippen molar-refractivity contribution in [1.82, 2.24) is 0 Å². The number of nitrogens with zero attached hydrogens (tertiary/aromatic N) is 1. The average Bonchev–Trinajstić information content (AvgIpc) is 3.57. The zero-order chi connectivity index (χ0) is 41.6. The molecule has 11 rings (SSSR count). The van der Waals surface area contributed by atoms with Crippen LogP contribution in [0.15, 0.2) is 237 Å².